The van der Waals surface area contributed by atoms with Crippen molar-refractivity contribution in [2.45, 2.75) is 25.4 Å². The monoisotopic (exact) mass is 391 g/mol. The zero-order valence-electron chi connectivity index (χ0n) is 15.8. The Bertz CT molecular complexity index is 1010. The second-order valence-corrected chi connectivity index (χ2v) is 7.03. The summed E-state index contributed by atoms with van der Waals surface area (Å²) in [5, 5.41) is 13.4. The maximum Gasteiger partial charge on any atom is 0.325 e. The lowest BCUT2D eigenvalue weighted by atomic mass is 9.81. The van der Waals surface area contributed by atoms with Gasteiger partial charge in [-0.25, -0.2) is 9.78 Å². The van der Waals surface area contributed by atoms with E-state index in [4.69, 9.17) is 5.73 Å². The third-order valence-corrected chi connectivity index (χ3v) is 5.11. The molecule has 4 rings (SSSR count). The molecule has 3 heterocycles. The molecule has 0 radical (unpaired) electrons. The van der Waals surface area contributed by atoms with E-state index in [-0.39, 0.29) is 11.9 Å². The lowest BCUT2D eigenvalue weighted by Gasteiger charge is -2.44. The number of hydrogen-bond donors (Lipinski definition) is 3. The first kappa shape index (κ1) is 18.6. The predicted octanol–water partition coefficient (Wildman–Crippen LogP) is 1.99. The number of hydrogen-bond acceptors (Lipinski definition) is 6. The number of nitrogens with zero attached hydrogens (tertiary/aromatic N) is 4. The van der Waals surface area contributed by atoms with Gasteiger partial charge in [0.2, 0.25) is 5.91 Å². The second kappa shape index (κ2) is 7.70. The van der Waals surface area contributed by atoms with Gasteiger partial charge in [0.05, 0.1) is 24.2 Å². The van der Waals surface area contributed by atoms with Gasteiger partial charge in [0.25, 0.3) is 0 Å². The summed E-state index contributed by atoms with van der Waals surface area (Å²) in [6.45, 7) is 1.87. The number of pyridine rings is 1. The molecule has 0 unspecified atom stereocenters. The number of urea groups is 1. The molecular weight excluding hydrogens is 370 g/mol. The summed E-state index contributed by atoms with van der Waals surface area (Å²) in [6, 6.07) is 11.9. The van der Waals surface area contributed by atoms with Gasteiger partial charge < -0.3 is 11.1 Å². The van der Waals surface area contributed by atoms with E-state index in [0.29, 0.717) is 17.9 Å². The minimum Gasteiger partial charge on any atom is -0.384 e. The maximum atomic E-state index is 12.9. The fraction of sp³-hybridized carbons (Fsp3) is 0.250. The molecule has 1 fully saturated rings. The minimum atomic E-state index is -0.501. The molecule has 3 atom stereocenters. The molecule has 1 saturated heterocycles. The Morgan fingerprint density at radius 3 is 2.79 bits per heavy atom. The van der Waals surface area contributed by atoms with Gasteiger partial charge >= 0.3 is 6.03 Å². The van der Waals surface area contributed by atoms with E-state index >= 15 is 0 Å². The van der Waals surface area contributed by atoms with Crippen molar-refractivity contribution in [2.24, 2.45) is 5.92 Å². The fourth-order valence-electron chi connectivity index (χ4n) is 3.62. The van der Waals surface area contributed by atoms with Crippen LogP contribution < -0.4 is 11.1 Å². The van der Waals surface area contributed by atoms with Crippen LogP contribution in [0.4, 0.5) is 10.6 Å². The molecule has 9 heteroatoms. The van der Waals surface area contributed by atoms with Crippen LogP contribution in [0.3, 0.4) is 0 Å². The van der Waals surface area contributed by atoms with Crippen molar-refractivity contribution in [3.8, 4) is 0 Å². The largest absolute Gasteiger partial charge is 0.384 e. The Kier molecular flexibility index (Phi) is 4.94. The highest BCUT2D eigenvalue weighted by molar-refractivity contribution is 6.01. The van der Waals surface area contributed by atoms with Crippen LogP contribution in [0, 0.1) is 5.92 Å². The summed E-state index contributed by atoms with van der Waals surface area (Å²) in [5.74, 6) is -0.302. The average molecular weight is 391 g/mol. The van der Waals surface area contributed by atoms with Crippen LogP contribution in [0.1, 0.15) is 35.8 Å². The lowest BCUT2D eigenvalue weighted by Crippen LogP contribution is -2.61. The number of β-lactam (4-membered cyclic amide) rings is 1. The Balaban J connectivity index is 1.53. The van der Waals surface area contributed by atoms with Gasteiger partial charge in [-0.2, -0.15) is 15.4 Å². The summed E-state index contributed by atoms with van der Waals surface area (Å²) >= 11 is 0. The number of carbonyl (C=O) groups is 2. The molecule has 4 N–H and O–H groups in total. The van der Waals surface area contributed by atoms with E-state index in [9.17, 15) is 9.59 Å². The number of nitrogens with two attached hydrogens (primary N) is 1. The smallest absolute Gasteiger partial charge is 0.325 e. The predicted molar refractivity (Wildman–Crippen MR) is 105 cm³/mol. The summed E-state index contributed by atoms with van der Waals surface area (Å²) in [6.07, 6.45) is 3.57. The minimum absolute atomic E-state index is 0.242. The normalized spacial score (nSPS) is 19.5. The summed E-state index contributed by atoms with van der Waals surface area (Å²) in [5.41, 5.74) is 8.12. The van der Waals surface area contributed by atoms with Gasteiger partial charge in [-0.1, -0.05) is 30.3 Å². The highest BCUT2D eigenvalue weighted by atomic mass is 16.2. The third kappa shape index (κ3) is 3.66. The van der Waals surface area contributed by atoms with Crippen LogP contribution in [0.15, 0.2) is 54.9 Å². The van der Waals surface area contributed by atoms with Crippen LogP contribution in [0.25, 0.3) is 0 Å². The molecule has 1 aliphatic rings. The van der Waals surface area contributed by atoms with Gasteiger partial charge in [0.1, 0.15) is 11.5 Å². The van der Waals surface area contributed by atoms with Gasteiger partial charge in [0.15, 0.2) is 0 Å². The first-order chi connectivity index (χ1) is 14.0. The lowest BCUT2D eigenvalue weighted by molar-refractivity contribution is -0.150. The fourth-order valence-corrected chi connectivity index (χ4v) is 3.62. The van der Waals surface area contributed by atoms with E-state index in [1.54, 1.807) is 12.3 Å². The molecule has 2 aromatic heterocycles. The third-order valence-electron chi connectivity index (χ3n) is 5.11. The molecule has 3 amide bonds. The van der Waals surface area contributed by atoms with Crippen LogP contribution in [0.2, 0.25) is 0 Å². The number of rotatable bonds is 5. The number of likely N-dealkylation sites (tertiary alicyclic amines) is 1. The first-order valence-corrected chi connectivity index (χ1v) is 9.29. The van der Waals surface area contributed by atoms with Crippen molar-refractivity contribution in [3.05, 3.63) is 71.7 Å². The molecule has 0 spiro atoms. The van der Waals surface area contributed by atoms with E-state index < -0.39 is 18.0 Å². The number of nitrogen functional groups attached to an aromatic ring is 1. The molecule has 1 aliphatic heterocycles. The molecule has 0 aliphatic carbocycles. The summed E-state index contributed by atoms with van der Waals surface area (Å²) < 4.78 is 0. The molecule has 3 aromatic rings. The van der Waals surface area contributed by atoms with E-state index in [1.807, 2.05) is 43.3 Å². The number of H-pyrrole nitrogens is 1. The Labute approximate surface area is 167 Å². The van der Waals surface area contributed by atoms with E-state index in [0.717, 1.165) is 11.1 Å². The van der Waals surface area contributed by atoms with Crippen LogP contribution in [-0.4, -0.2) is 37.2 Å². The number of aromatic amines is 1. The quantitative estimate of drug-likeness (QED) is 0.570. The first-order valence-electron chi connectivity index (χ1n) is 9.29. The van der Waals surface area contributed by atoms with Crippen LogP contribution >= 0.6 is 0 Å². The summed E-state index contributed by atoms with van der Waals surface area (Å²) in [4.78, 5) is 30.9. The SMILES string of the molecule is C[C@@H](NC(=O)N1C(=O)[C@H](Cc2ccnc(N)c2)[C@H]1c1cn[nH]n1)c1ccccc1. The Hall–Kier alpha value is -3.75. The number of aromatic nitrogens is 4. The molecule has 1 aromatic carbocycles. The number of imide groups is 1. The topological polar surface area (TPSA) is 130 Å². The van der Waals surface area contributed by atoms with E-state index in [1.165, 1.54) is 11.1 Å². The summed E-state index contributed by atoms with van der Waals surface area (Å²) in [7, 11) is 0. The molecular formula is C20H21N7O2. The van der Waals surface area contributed by atoms with Crippen molar-refractivity contribution in [3.63, 3.8) is 0 Å². The van der Waals surface area contributed by atoms with Gasteiger partial charge in [-0.05, 0) is 36.6 Å². The standard InChI is InChI=1S/C20H21N7O2/c1-12(14-5-3-2-4-6-14)24-20(29)27-18(16-11-23-26-25-16)15(19(27)28)9-13-7-8-22-17(21)10-13/h2-8,10-12,15,18H,9H2,1H3,(H2,21,22)(H,24,29)(H,23,25,26)/t12-,15-,18+/m1/s1. The molecule has 9 nitrogen and oxygen atoms in total. The number of nitrogens with one attached hydrogen (secondary N) is 2. The van der Waals surface area contributed by atoms with E-state index in [2.05, 4.69) is 25.7 Å². The van der Waals surface area contributed by atoms with Crippen molar-refractivity contribution in [2.75, 3.05) is 5.73 Å². The number of carbonyl (C=O) groups excluding carboxylic acids is 2. The highest BCUT2D eigenvalue weighted by Gasteiger charge is 2.52. The highest BCUT2D eigenvalue weighted by Crippen LogP contribution is 2.41. The zero-order valence-corrected chi connectivity index (χ0v) is 15.8. The number of amides is 3. The van der Waals surface area contributed by atoms with Crippen LogP contribution in [-0.2, 0) is 11.2 Å². The van der Waals surface area contributed by atoms with Crippen molar-refractivity contribution in [1.82, 2.24) is 30.6 Å². The zero-order chi connectivity index (χ0) is 20.4. The van der Waals surface area contributed by atoms with Gasteiger partial charge in [0, 0.05) is 6.20 Å². The second-order valence-electron chi connectivity index (χ2n) is 7.03. The van der Waals surface area contributed by atoms with Crippen molar-refractivity contribution in [1.29, 1.82) is 0 Å². The number of benzene rings is 1. The number of anilines is 1. The Morgan fingerprint density at radius 1 is 1.31 bits per heavy atom. The molecule has 0 bridgehead atoms. The average Bonchev–Trinajstić information content (AvgIpc) is 3.24. The molecule has 29 heavy (non-hydrogen) atoms. The maximum absolute atomic E-state index is 12.9. The van der Waals surface area contributed by atoms with Gasteiger partial charge in [-0.3, -0.25) is 9.69 Å². The van der Waals surface area contributed by atoms with Crippen molar-refractivity contribution < 1.29 is 9.59 Å². The molecule has 148 valence electrons. The van der Waals surface area contributed by atoms with Gasteiger partial charge in [-0.15, -0.1) is 0 Å². The molecule has 0 saturated carbocycles. The Morgan fingerprint density at radius 2 is 2.10 bits per heavy atom. The van der Waals surface area contributed by atoms with Crippen molar-refractivity contribution >= 4 is 17.8 Å². The van der Waals surface area contributed by atoms with Crippen LogP contribution in [0.5, 0.6) is 0 Å².